The van der Waals surface area contributed by atoms with Crippen molar-refractivity contribution in [2.24, 2.45) is 11.1 Å². The van der Waals surface area contributed by atoms with Gasteiger partial charge in [-0.3, -0.25) is 0 Å². The maximum absolute atomic E-state index is 10.7. The van der Waals surface area contributed by atoms with Gasteiger partial charge in [0.2, 0.25) is 0 Å². The Bertz CT molecular complexity index is 187. The molecule has 0 heterocycles. The Kier molecular flexibility index (Phi) is 3.27. The molecule has 1 fully saturated rings. The van der Waals surface area contributed by atoms with Gasteiger partial charge in [-0.05, 0) is 12.8 Å². The second kappa shape index (κ2) is 4.07. The minimum atomic E-state index is -1.29. The Morgan fingerprint density at radius 2 is 1.92 bits per heavy atom. The first-order chi connectivity index (χ1) is 6.12. The number of aliphatic carboxylic acids is 1. The highest BCUT2D eigenvalue weighted by atomic mass is 16.4. The van der Waals surface area contributed by atoms with Crippen molar-refractivity contribution in [3.8, 4) is 0 Å². The van der Waals surface area contributed by atoms with Gasteiger partial charge < -0.3 is 15.9 Å². The standard InChI is InChI=1S/C9H17NO3/c10-6-9(7(11)8(12)13)4-2-1-3-5-9/h7,11H,1-6,10H2,(H,12,13). The van der Waals surface area contributed by atoms with E-state index < -0.39 is 17.5 Å². The van der Waals surface area contributed by atoms with Crippen molar-refractivity contribution in [3.63, 3.8) is 0 Å². The highest BCUT2D eigenvalue weighted by Gasteiger charge is 2.41. The molecular weight excluding hydrogens is 170 g/mol. The number of hydrogen-bond donors (Lipinski definition) is 3. The summed E-state index contributed by atoms with van der Waals surface area (Å²) < 4.78 is 0. The fraction of sp³-hybridized carbons (Fsp3) is 0.889. The molecule has 0 aromatic heterocycles. The average molecular weight is 187 g/mol. The Morgan fingerprint density at radius 1 is 1.38 bits per heavy atom. The molecule has 0 saturated heterocycles. The van der Waals surface area contributed by atoms with Gasteiger partial charge in [-0.25, -0.2) is 4.79 Å². The van der Waals surface area contributed by atoms with Crippen LogP contribution in [0.4, 0.5) is 0 Å². The van der Waals surface area contributed by atoms with Crippen LogP contribution in [0.25, 0.3) is 0 Å². The number of carboxylic acid groups (broad SMARTS) is 1. The molecule has 76 valence electrons. The molecule has 1 unspecified atom stereocenters. The van der Waals surface area contributed by atoms with Crippen LogP contribution in [0.15, 0.2) is 0 Å². The Morgan fingerprint density at radius 3 is 2.31 bits per heavy atom. The monoisotopic (exact) mass is 187 g/mol. The van der Waals surface area contributed by atoms with E-state index in [2.05, 4.69) is 0 Å². The van der Waals surface area contributed by atoms with E-state index in [1.165, 1.54) is 0 Å². The van der Waals surface area contributed by atoms with Crippen molar-refractivity contribution in [3.05, 3.63) is 0 Å². The number of carbonyl (C=O) groups is 1. The van der Waals surface area contributed by atoms with Crippen molar-refractivity contribution in [2.75, 3.05) is 6.54 Å². The number of rotatable bonds is 3. The smallest absolute Gasteiger partial charge is 0.333 e. The van der Waals surface area contributed by atoms with Crippen molar-refractivity contribution in [1.82, 2.24) is 0 Å². The molecule has 0 radical (unpaired) electrons. The predicted octanol–water partition coefficient (Wildman–Crippen LogP) is 0.341. The van der Waals surface area contributed by atoms with Crippen LogP contribution in [0.2, 0.25) is 0 Å². The number of aliphatic hydroxyl groups is 1. The van der Waals surface area contributed by atoms with Crippen LogP contribution >= 0.6 is 0 Å². The lowest BCUT2D eigenvalue weighted by Gasteiger charge is -2.38. The molecule has 4 nitrogen and oxygen atoms in total. The van der Waals surface area contributed by atoms with Crippen LogP contribution < -0.4 is 5.73 Å². The van der Waals surface area contributed by atoms with Gasteiger partial charge in [0.25, 0.3) is 0 Å². The van der Waals surface area contributed by atoms with Gasteiger partial charge in [-0.2, -0.15) is 0 Å². The SMILES string of the molecule is NCC1(C(O)C(=O)O)CCCCC1. The molecule has 0 aromatic rings. The first kappa shape index (κ1) is 10.5. The van der Waals surface area contributed by atoms with E-state index >= 15 is 0 Å². The van der Waals surface area contributed by atoms with E-state index in [9.17, 15) is 9.90 Å². The van der Waals surface area contributed by atoms with Gasteiger partial charge in [-0.15, -0.1) is 0 Å². The Balaban J connectivity index is 2.72. The Labute approximate surface area is 77.7 Å². The average Bonchev–Trinajstić information content (AvgIpc) is 2.17. The highest BCUT2D eigenvalue weighted by molar-refractivity contribution is 5.73. The van der Waals surface area contributed by atoms with Crippen LogP contribution in [0.1, 0.15) is 32.1 Å². The molecular formula is C9H17NO3. The summed E-state index contributed by atoms with van der Waals surface area (Å²) in [6, 6.07) is 0. The minimum Gasteiger partial charge on any atom is -0.479 e. The van der Waals surface area contributed by atoms with Gasteiger partial charge in [0, 0.05) is 12.0 Å². The molecule has 4 N–H and O–H groups in total. The van der Waals surface area contributed by atoms with Crippen molar-refractivity contribution >= 4 is 5.97 Å². The molecule has 4 heteroatoms. The zero-order valence-corrected chi connectivity index (χ0v) is 7.70. The molecule has 13 heavy (non-hydrogen) atoms. The zero-order valence-electron chi connectivity index (χ0n) is 7.70. The topological polar surface area (TPSA) is 83.5 Å². The fourth-order valence-corrected chi connectivity index (χ4v) is 2.11. The highest BCUT2D eigenvalue weighted by Crippen LogP contribution is 2.38. The molecule has 0 aliphatic heterocycles. The number of hydrogen-bond acceptors (Lipinski definition) is 3. The summed E-state index contributed by atoms with van der Waals surface area (Å²) in [6.45, 7) is 0.264. The van der Waals surface area contributed by atoms with Crippen molar-refractivity contribution < 1.29 is 15.0 Å². The van der Waals surface area contributed by atoms with Gasteiger partial charge in [0.1, 0.15) is 0 Å². The molecule has 0 aromatic carbocycles. The molecule has 0 bridgehead atoms. The maximum atomic E-state index is 10.7. The van der Waals surface area contributed by atoms with E-state index in [0.29, 0.717) is 0 Å². The fourth-order valence-electron chi connectivity index (χ4n) is 2.11. The van der Waals surface area contributed by atoms with E-state index in [-0.39, 0.29) is 6.54 Å². The summed E-state index contributed by atoms with van der Waals surface area (Å²) in [5, 5.41) is 18.2. The summed E-state index contributed by atoms with van der Waals surface area (Å²) in [7, 11) is 0. The summed E-state index contributed by atoms with van der Waals surface area (Å²) in [4.78, 5) is 10.7. The molecule has 1 atom stereocenters. The quantitative estimate of drug-likeness (QED) is 0.595. The third kappa shape index (κ3) is 2.00. The molecule has 0 amide bonds. The normalized spacial score (nSPS) is 23.8. The second-order valence-corrected chi connectivity index (χ2v) is 3.87. The van der Waals surface area contributed by atoms with E-state index in [4.69, 9.17) is 10.8 Å². The number of nitrogens with two attached hydrogens (primary N) is 1. The summed E-state index contributed by atoms with van der Waals surface area (Å²) in [5.74, 6) is -1.15. The lowest BCUT2D eigenvalue weighted by Crippen LogP contribution is -2.47. The summed E-state index contributed by atoms with van der Waals surface area (Å²) >= 11 is 0. The van der Waals surface area contributed by atoms with Gasteiger partial charge in [0.05, 0.1) is 0 Å². The van der Waals surface area contributed by atoms with Gasteiger partial charge in [0.15, 0.2) is 6.10 Å². The van der Waals surface area contributed by atoms with E-state index in [1.54, 1.807) is 0 Å². The number of carboxylic acids is 1. The van der Waals surface area contributed by atoms with Crippen LogP contribution in [0.3, 0.4) is 0 Å². The van der Waals surface area contributed by atoms with Crippen LogP contribution in [-0.2, 0) is 4.79 Å². The lowest BCUT2D eigenvalue weighted by atomic mass is 9.70. The minimum absolute atomic E-state index is 0.264. The lowest BCUT2D eigenvalue weighted by molar-refractivity contribution is -0.156. The summed E-state index contributed by atoms with van der Waals surface area (Å²) in [5.41, 5.74) is 4.99. The number of aliphatic hydroxyl groups excluding tert-OH is 1. The van der Waals surface area contributed by atoms with Crippen molar-refractivity contribution in [1.29, 1.82) is 0 Å². The largest absolute Gasteiger partial charge is 0.479 e. The van der Waals surface area contributed by atoms with Gasteiger partial charge in [-0.1, -0.05) is 19.3 Å². The predicted molar refractivity (Wildman–Crippen MR) is 48.2 cm³/mol. The first-order valence-corrected chi connectivity index (χ1v) is 4.73. The second-order valence-electron chi connectivity index (χ2n) is 3.87. The molecule has 1 aliphatic rings. The van der Waals surface area contributed by atoms with E-state index in [0.717, 1.165) is 32.1 Å². The Hall–Kier alpha value is -0.610. The molecule has 0 spiro atoms. The first-order valence-electron chi connectivity index (χ1n) is 4.73. The zero-order chi connectivity index (χ0) is 9.90. The molecule has 1 aliphatic carbocycles. The maximum Gasteiger partial charge on any atom is 0.333 e. The van der Waals surface area contributed by atoms with Crippen LogP contribution in [-0.4, -0.2) is 28.8 Å². The molecule has 1 rings (SSSR count). The summed E-state index contributed by atoms with van der Waals surface area (Å²) in [6.07, 6.45) is 3.24. The third-order valence-electron chi connectivity index (χ3n) is 3.07. The van der Waals surface area contributed by atoms with Crippen molar-refractivity contribution in [2.45, 2.75) is 38.2 Å². The van der Waals surface area contributed by atoms with Gasteiger partial charge >= 0.3 is 5.97 Å². The van der Waals surface area contributed by atoms with E-state index in [1.807, 2.05) is 0 Å². The van der Waals surface area contributed by atoms with Crippen LogP contribution in [0, 0.1) is 5.41 Å². The van der Waals surface area contributed by atoms with Crippen LogP contribution in [0.5, 0.6) is 0 Å². The molecule has 1 saturated carbocycles. The third-order valence-corrected chi connectivity index (χ3v) is 3.07.